The summed E-state index contributed by atoms with van der Waals surface area (Å²) in [7, 11) is 0. The normalized spacial score (nSPS) is 10.4. The molecule has 3 heteroatoms. The Bertz CT molecular complexity index is 671. The van der Waals surface area contributed by atoms with E-state index in [0.717, 1.165) is 17.3 Å². The van der Waals surface area contributed by atoms with Crippen LogP contribution in [-0.4, -0.2) is 9.55 Å². The first-order valence-electron chi connectivity index (χ1n) is 6.26. The smallest absolute Gasteiger partial charge is 0.212 e. The van der Waals surface area contributed by atoms with Crippen molar-refractivity contribution in [3.8, 4) is 5.69 Å². The highest BCUT2D eigenvalue weighted by atomic mass is 15.2. The van der Waals surface area contributed by atoms with Gasteiger partial charge in [0.15, 0.2) is 0 Å². The van der Waals surface area contributed by atoms with Gasteiger partial charge in [0.25, 0.3) is 0 Å². The lowest BCUT2D eigenvalue weighted by Gasteiger charge is -2.11. The molecule has 0 aliphatic heterocycles. The van der Waals surface area contributed by atoms with Crippen molar-refractivity contribution >= 4 is 11.6 Å². The molecule has 0 saturated carbocycles. The lowest BCUT2D eigenvalue weighted by molar-refractivity contribution is 1.06. The average molecular weight is 249 g/mol. The van der Waals surface area contributed by atoms with E-state index in [9.17, 15) is 0 Å². The summed E-state index contributed by atoms with van der Waals surface area (Å²) < 4.78 is 2.03. The fourth-order valence-corrected chi connectivity index (χ4v) is 2.03. The summed E-state index contributed by atoms with van der Waals surface area (Å²) in [5.74, 6) is 0.820. The van der Waals surface area contributed by atoms with Crippen molar-refractivity contribution in [3.05, 3.63) is 72.6 Å². The molecule has 3 rings (SSSR count). The zero-order valence-corrected chi connectivity index (χ0v) is 10.7. The highest BCUT2D eigenvalue weighted by Gasteiger charge is 2.05. The molecule has 0 atom stereocenters. The quantitative estimate of drug-likeness (QED) is 0.762. The molecule has 1 aromatic heterocycles. The molecule has 0 fully saturated rings. The molecule has 0 saturated heterocycles. The number of rotatable bonds is 3. The summed E-state index contributed by atoms with van der Waals surface area (Å²) >= 11 is 0. The van der Waals surface area contributed by atoms with Crippen LogP contribution in [0.5, 0.6) is 0 Å². The second-order valence-electron chi connectivity index (χ2n) is 4.40. The third-order valence-electron chi connectivity index (χ3n) is 3.07. The number of nitrogens with one attached hydrogen (secondary N) is 1. The molecule has 19 heavy (non-hydrogen) atoms. The number of nitrogens with zero attached hydrogens (tertiary/aromatic N) is 2. The first kappa shape index (κ1) is 11.5. The van der Waals surface area contributed by atoms with E-state index in [1.165, 1.54) is 5.56 Å². The highest BCUT2D eigenvalue weighted by molar-refractivity contribution is 5.59. The maximum absolute atomic E-state index is 4.38. The minimum absolute atomic E-state index is 0.820. The number of imidazole rings is 1. The third kappa shape index (κ3) is 2.36. The third-order valence-corrected chi connectivity index (χ3v) is 3.07. The number of hydrogen-bond acceptors (Lipinski definition) is 2. The van der Waals surface area contributed by atoms with Gasteiger partial charge in [-0.3, -0.25) is 4.57 Å². The Morgan fingerprint density at radius 3 is 2.47 bits per heavy atom. The van der Waals surface area contributed by atoms with Crippen LogP contribution in [0.1, 0.15) is 5.56 Å². The first-order chi connectivity index (χ1) is 9.34. The van der Waals surface area contributed by atoms with E-state index in [2.05, 4.69) is 41.5 Å². The van der Waals surface area contributed by atoms with E-state index in [0.29, 0.717) is 0 Å². The van der Waals surface area contributed by atoms with Crippen molar-refractivity contribution < 1.29 is 0 Å². The fourth-order valence-electron chi connectivity index (χ4n) is 2.03. The van der Waals surface area contributed by atoms with E-state index in [1.54, 1.807) is 6.20 Å². The lowest BCUT2D eigenvalue weighted by Crippen LogP contribution is -2.01. The Hall–Kier alpha value is -2.55. The summed E-state index contributed by atoms with van der Waals surface area (Å²) in [6.45, 7) is 2.08. The van der Waals surface area contributed by atoms with Crippen molar-refractivity contribution in [3.63, 3.8) is 0 Å². The topological polar surface area (TPSA) is 29.9 Å². The molecule has 0 radical (unpaired) electrons. The molecule has 94 valence electrons. The summed E-state index contributed by atoms with van der Waals surface area (Å²) in [5.41, 5.74) is 3.37. The Kier molecular flexibility index (Phi) is 3.02. The lowest BCUT2D eigenvalue weighted by atomic mass is 10.2. The number of hydrogen-bond donors (Lipinski definition) is 1. The summed E-state index contributed by atoms with van der Waals surface area (Å²) in [6, 6.07) is 18.4. The standard InChI is InChI=1S/C16H15N3/c1-13-7-5-6-10-15(13)18-16-17-11-12-19(16)14-8-3-2-4-9-14/h2-12H,1H3,(H,17,18). The van der Waals surface area contributed by atoms with Gasteiger partial charge < -0.3 is 5.32 Å². The molecule has 0 unspecified atom stereocenters. The van der Waals surface area contributed by atoms with Crippen molar-refractivity contribution in [1.29, 1.82) is 0 Å². The van der Waals surface area contributed by atoms with Crippen LogP contribution in [-0.2, 0) is 0 Å². The number of aromatic nitrogens is 2. The van der Waals surface area contributed by atoms with Gasteiger partial charge in [0.2, 0.25) is 5.95 Å². The van der Waals surface area contributed by atoms with Crippen molar-refractivity contribution in [2.45, 2.75) is 6.92 Å². The summed E-state index contributed by atoms with van der Waals surface area (Å²) in [5, 5.41) is 3.37. The van der Waals surface area contributed by atoms with Crippen LogP contribution < -0.4 is 5.32 Å². The van der Waals surface area contributed by atoms with Crippen LogP contribution >= 0.6 is 0 Å². The van der Waals surface area contributed by atoms with Crippen LogP contribution in [0.2, 0.25) is 0 Å². The molecule has 0 aliphatic rings. The van der Waals surface area contributed by atoms with Gasteiger partial charge in [0.1, 0.15) is 0 Å². The zero-order valence-electron chi connectivity index (χ0n) is 10.7. The minimum atomic E-state index is 0.820. The van der Waals surface area contributed by atoms with Crippen molar-refractivity contribution in [2.24, 2.45) is 0 Å². The summed E-state index contributed by atoms with van der Waals surface area (Å²) in [4.78, 5) is 4.38. The SMILES string of the molecule is Cc1ccccc1Nc1nccn1-c1ccccc1. The van der Waals surface area contributed by atoms with E-state index in [1.807, 2.05) is 41.1 Å². The van der Waals surface area contributed by atoms with Crippen LogP contribution in [0, 0.1) is 6.92 Å². The number of aryl methyl sites for hydroxylation is 1. The second-order valence-corrected chi connectivity index (χ2v) is 4.40. The van der Waals surface area contributed by atoms with Gasteiger partial charge >= 0.3 is 0 Å². The highest BCUT2D eigenvalue weighted by Crippen LogP contribution is 2.21. The number of anilines is 2. The van der Waals surface area contributed by atoms with Crippen molar-refractivity contribution in [2.75, 3.05) is 5.32 Å². The van der Waals surface area contributed by atoms with Gasteiger partial charge in [0, 0.05) is 23.8 Å². The molecule has 0 amide bonds. The van der Waals surface area contributed by atoms with Crippen LogP contribution in [0.3, 0.4) is 0 Å². The van der Waals surface area contributed by atoms with Gasteiger partial charge in [-0.2, -0.15) is 0 Å². The maximum Gasteiger partial charge on any atom is 0.212 e. The van der Waals surface area contributed by atoms with E-state index in [-0.39, 0.29) is 0 Å². The number of para-hydroxylation sites is 2. The van der Waals surface area contributed by atoms with E-state index >= 15 is 0 Å². The molecule has 3 aromatic rings. The largest absolute Gasteiger partial charge is 0.325 e. The molecule has 1 N–H and O–H groups in total. The number of benzene rings is 2. The average Bonchev–Trinajstić information content (AvgIpc) is 2.91. The maximum atomic E-state index is 4.38. The van der Waals surface area contributed by atoms with Gasteiger partial charge in [-0.1, -0.05) is 36.4 Å². The Morgan fingerprint density at radius 1 is 0.947 bits per heavy atom. The Labute approximate surface area is 112 Å². The second kappa shape index (κ2) is 4.98. The summed E-state index contributed by atoms with van der Waals surface area (Å²) in [6.07, 6.45) is 3.75. The molecule has 0 spiro atoms. The molecular weight excluding hydrogens is 234 g/mol. The van der Waals surface area contributed by atoms with Crippen molar-refractivity contribution in [1.82, 2.24) is 9.55 Å². The first-order valence-corrected chi connectivity index (χ1v) is 6.26. The fraction of sp³-hybridized carbons (Fsp3) is 0.0625. The predicted molar refractivity (Wildman–Crippen MR) is 78.0 cm³/mol. The molecule has 2 aromatic carbocycles. The van der Waals surface area contributed by atoms with Crippen LogP contribution in [0.15, 0.2) is 67.0 Å². The van der Waals surface area contributed by atoms with E-state index < -0.39 is 0 Å². The van der Waals surface area contributed by atoms with Crippen LogP contribution in [0.25, 0.3) is 5.69 Å². The zero-order chi connectivity index (χ0) is 13.1. The van der Waals surface area contributed by atoms with Gasteiger partial charge in [-0.25, -0.2) is 4.98 Å². The minimum Gasteiger partial charge on any atom is -0.325 e. The molecular formula is C16H15N3. The van der Waals surface area contributed by atoms with Crippen LogP contribution in [0.4, 0.5) is 11.6 Å². The molecule has 0 aliphatic carbocycles. The van der Waals surface area contributed by atoms with Gasteiger partial charge in [-0.15, -0.1) is 0 Å². The van der Waals surface area contributed by atoms with Gasteiger partial charge in [-0.05, 0) is 30.7 Å². The molecule has 3 nitrogen and oxygen atoms in total. The molecule has 0 bridgehead atoms. The predicted octanol–water partition coefficient (Wildman–Crippen LogP) is 3.92. The molecule has 1 heterocycles. The van der Waals surface area contributed by atoms with E-state index in [4.69, 9.17) is 0 Å². The Balaban J connectivity index is 1.96. The monoisotopic (exact) mass is 249 g/mol. The van der Waals surface area contributed by atoms with Gasteiger partial charge in [0.05, 0.1) is 0 Å². The Morgan fingerprint density at radius 2 is 1.68 bits per heavy atom.